The van der Waals surface area contributed by atoms with Crippen molar-refractivity contribution in [1.82, 2.24) is 0 Å². The Hall–Kier alpha value is 0.790. The Kier molecular flexibility index (Phi) is 9.56. The summed E-state index contributed by atoms with van der Waals surface area (Å²) in [6, 6.07) is 0. The van der Waals surface area contributed by atoms with Gasteiger partial charge in [-0.25, -0.2) is 0 Å². The third-order valence-corrected chi connectivity index (χ3v) is 4.80. The minimum Gasteiger partial charge on any atom is -0.105 e. The van der Waals surface area contributed by atoms with E-state index in [0.29, 0.717) is 10.5 Å². The fourth-order valence-corrected chi connectivity index (χ4v) is 4.84. The first-order valence-corrected chi connectivity index (χ1v) is 7.64. The van der Waals surface area contributed by atoms with E-state index in [9.17, 15) is 0 Å². The van der Waals surface area contributed by atoms with Gasteiger partial charge in [-0.15, -0.1) is 23.5 Å². The highest BCUT2D eigenvalue weighted by atomic mass is 32.2. The Morgan fingerprint density at radius 2 is 1.36 bits per heavy atom. The Labute approximate surface area is 103 Å². The lowest BCUT2D eigenvalue weighted by Crippen LogP contribution is -2.02. The first-order chi connectivity index (χ1) is 6.60. The van der Waals surface area contributed by atoms with Crippen LogP contribution in [0, 0.1) is 0 Å². The van der Waals surface area contributed by atoms with E-state index in [1.165, 1.54) is 25.7 Å². The Bertz CT molecular complexity index is 141. The SMILES string of the molecule is CCCC(C)SC(=S)SC(C)CCC. The summed E-state index contributed by atoms with van der Waals surface area (Å²) in [5.74, 6) is 0. The van der Waals surface area contributed by atoms with E-state index in [1.54, 1.807) is 0 Å². The molecule has 0 N–H and O–H groups in total. The number of thioether (sulfide) groups is 2. The van der Waals surface area contributed by atoms with Crippen molar-refractivity contribution in [3.63, 3.8) is 0 Å². The van der Waals surface area contributed by atoms with Crippen LogP contribution in [-0.4, -0.2) is 14.0 Å². The van der Waals surface area contributed by atoms with Gasteiger partial charge in [0.25, 0.3) is 0 Å². The molecule has 0 aliphatic carbocycles. The summed E-state index contributed by atoms with van der Waals surface area (Å²) in [7, 11) is 0. The summed E-state index contributed by atoms with van der Waals surface area (Å²) < 4.78 is 1.13. The second-order valence-corrected chi connectivity index (χ2v) is 7.77. The van der Waals surface area contributed by atoms with Gasteiger partial charge in [0.2, 0.25) is 0 Å². The molecule has 0 rings (SSSR count). The van der Waals surface area contributed by atoms with Crippen molar-refractivity contribution < 1.29 is 0 Å². The van der Waals surface area contributed by atoms with Crippen molar-refractivity contribution in [2.75, 3.05) is 0 Å². The maximum atomic E-state index is 5.36. The third-order valence-electron chi connectivity index (χ3n) is 1.99. The summed E-state index contributed by atoms with van der Waals surface area (Å²) in [5.41, 5.74) is 0. The zero-order valence-corrected chi connectivity index (χ0v) is 12.2. The molecule has 14 heavy (non-hydrogen) atoms. The van der Waals surface area contributed by atoms with Crippen LogP contribution in [0.15, 0.2) is 0 Å². The van der Waals surface area contributed by atoms with Gasteiger partial charge >= 0.3 is 0 Å². The van der Waals surface area contributed by atoms with Gasteiger partial charge in [0, 0.05) is 10.5 Å². The van der Waals surface area contributed by atoms with Gasteiger partial charge in [0.15, 0.2) is 0 Å². The lowest BCUT2D eigenvalue weighted by atomic mass is 10.3. The summed E-state index contributed by atoms with van der Waals surface area (Å²) in [5, 5.41) is 1.38. The van der Waals surface area contributed by atoms with Crippen LogP contribution in [0.5, 0.6) is 0 Å². The van der Waals surface area contributed by atoms with Crippen molar-refractivity contribution in [3.05, 3.63) is 0 Å². The topological polar surface area (TPSA) is 0 Å². The predicted molar refractivity (Wildman–Crippen MR) is 76.5 cm³/mol. The van der Waals surface area contributed by atoms with Gasteiger partial charge in [-0.05, 0) is 12.8 Å². The van der Waals surface area contributed by atoms with E-state index in [2.05, 4.69) is 27.7 Å². The molecular formula is C11H22S3. The van der Waals surface area contributed by atoms with Gasteiger partial charge < -0.3 is 0 Å². The summed E-state index contributed by atoms with van der Waals surface area (Å²) in [4.78, 5) is 0. The van der Waals surface area contributed by atoms with E-state index in [4.69, 9.17) is 12.2 Å². The van der Waals surface area contributed by atoms with E-state index in [0.717, 1.165) is 3.53 Å². The second-order valence-electron chi connectivity index (χ2n) is 3.68. The highest BCUT2D eigenvalue weighted by molar-refractivity contribution is 8.47. The van der Waals surface area contributed by atoms with Gasteiger partial charge in [-0.3, -0.25) is 0 Å². The summed E-state index contributed by atoms with van der Waals surface area (Å²) >= 11 is 9.11. The van der Waals surface area contributed by atoms with Crippen LogP contribution < -0.4 is 0 Å². The van der Waals surface area contributed by atoms with Gasteiger partial charge in [-0.1, -0.05) is 52.8 Å². The molecule has 0 saturated heterocycles. The normalized spacial score (nSPS) is 15.1. The summed E-state index contributed by atoms with van der Waals surface area (Å²) in [6.45, 7) is 9.00. The number of rotatable bonds is 6. The van der Waals surface area contributed by atoms with Crippen LogP contribution in [0.25, 0.3) is 0 Å². The molecule has 0 amide bonds. The Morgan fingerprint density at radius 1 is 1.00 bits per heavy atom. The lowest BCUT2D eigenvalue weighted by molar-refractivity contribution is 0.789. The smallest absolute Gasteiger partial charge is 0.104 e. The minimum atomic E-state index is 0.689. The fraction of sp³-hybridized carbons (Fsp3) is 0.909. The van der Waals surface area contributed by atoms with Crippen molar-refractivity contribution in [3.8, 4) is 0 Å². The van der Waals surface area contributed by atoms with Crippen LogP contribution in [0.2, 0.25) is 0 Å². The number of hydrogen-bond donors (Lipinski definition) is 0. The minimum absolute atomic E-state index is 0.689. The van der Waals surface area contributed by atoms with E-state index in [-0.39, 0.29) is 0 Å². The molecule has 0 aromatic heterocycles. The molecule has 0 fully saturated rings. The maximum Gasteiger partial charge on any atom is 0.104 e. The van der Waals surface area contributed by atoms with Crippen LogP contribution in [0.3, 0.4) is 0 Å². The second kappa shape index (κ2) is 9.05. The Balaban J connectivity index is 3.63. The molecule has 0 spiro atoms. The van der Waals surface area contributed by atoms with E-state index < -0.39 is 0 Å². The van der Waals surface area contributed by atoms with Gasteiger partial charge in [0.1, 0.15) is 3.53 Å². The molecule has 0 aliphatic rings. The standard InChI is InChI=1S/C11H22S3/c1-5-7-9(3)13-11(12)14-10(4)8-6-2/h9-10H,5-8H2,1-4H3. The van der Waals surface area contributed by atoms with Gasteiger partial charge in [-0.2, -0.15) is 0 Å². The third kappa shape index (κ3) is 8.13. The number of hydrogen-bond acceptors (Lipinski definition) is 3. The zero-order chi connectivity index (χ0) is 11.0. The average molecular weight is 250 g/mol. The summed E-state index contributed by atoms with van der Waals surface area (Å²) in [6.07, 6.45) is 5.05. The van der Waals surface area contributed by atoms with Crippen molar-refractivity contribution in [1.29, 1.82) is 0 Å². The lowest BCUT2D eigenvalue weighted by Gasteiger charge is -2.13. The zero-order valence-electron chi connectivity index (χ0n) is 9.71. The largest absolute Gasteiger partial charge is 0.105 e. The molecule has 0 bridgehead atoms. The van der Waals surface area contributed by atoms with Gasteiger partial charge in [0.05, 0.1) is 0 Å². The molecule has 84 valence electrons. The molecule has 2 atom stereocenters. The molecule has 3 heteroatoms. The fourth-order valence-electron chi connectivity index (χ4n) is 1.29. The molecule has 0 aromatic rings. The van der Waals surface area contributed by atoms with Crippen LogP contribution in [0.1, 0.15) is 53.4 Å². The highest BCUT2D eigenvalue weighted by Crippen LogP contribution is 2.28. The van der Waals surface area contributed by atoms with Crippen LogP contribution >= 0.6 is 35.7 Å². The molecule has 0 heterocycles. The first-order valence-electron chi connectivity index (χ1n) is 5.47. The molecular weight excluding hydrogens is 228 g/mol. The first kappa shape index (κ1) is 14.8. The molecule has 2 unspecified atom stereocenters. The van der Waals surface area contributed by atoms with Crippen molar-refractivity contribution >= 4 is 39.3 Å². The molecule has 0 nitrogen and oxygen atoms in total. The van der Waals surface area contributed by atoms with Crippen molar-refractivity contribution in [2.24, 2.45) is 0 Å². The predicted octanol–water partition coefficient (Wildman–Crippen LogP) is 5.11. The molecule has 0 radical (unpaired) electrons. The maximum absolute atomic E-state index is 5.36. The van der Waals surface area contributed by atoms with E-state index >= 15 is 0 Å². The van der Waals surface area contributed by atoms with E-state index in [1.807, 2.05) is 23.5 Å². The number of thiocarbonyl (C=S) groups is 1. The van der Waals surface area contributed by atoms with Crippen LogP contribution in [-0.2, 0) is 0 Å². The molecule has 0 aromatic carbocycles. The monoisotopic (exact) mass is 250 g/mol. The average Bonchev–Trinajstić information content (AvgIpc) is 2.03. The Morgan fingerprint density at radius 3 is 1.64 bits per heavy atom. The highest BCUT2D eigenvalue weighted by Gasteiger charge is 2.09. The quantitative estimate of drug-likeness (QED) is 0.601. The van der Waals surface area contributed by atoms with Crippen molar-refractivity contribution in [2.45, 2.75) is 63.9 Å². The van der Waals surface area contributed by atoms with Crippen LogP contribution in [0.4, 0.5) is 0 Å². The molecule has 0 aliphatic heterocycles. The molecule has 0 saturated carbocycles.